The molecule has 0 bridgehead atoms. The summed E-state index contributed by atoms with van der Waals surface area (Å²) in [5.74, 6) is -0.728. The van der Waals surface area contributed by atoms with Crippen molar-refractivity contribution in [3.05, 3.63) is 34.0 Å². The van der Waals surface area contributed by atoms with Crippen molar-refractivity contribution < 1.29 is 14.5 Å². The van der Waals surface area contributed by atoms with Crippen LogP contribution < -0.4 is 5.32 Å². The van der Waals surface area contributed by atoms with E-state index in [1.165, 1.54) is 23.1 Å². The Morgan fingerprint density at radius 2 is 2.12 bits per heavy atom. The lowest BCUT2D eigenvalue weighted by Gasteiger charge is -2.20. The van der Waals surface area contributed by atoms with Crippen molar-refractivity contribution in [3.63, 3.8) is 0 Å². The van der Waals surface area contributed by atoms with Gasteiger partial charge < -0.3 is 10.2 Å². The summed E-state index contributed by atoms with van der Waals surface area (Å²) in [5, 5.41) is 20.6. The van der Waals surface area contributed by atoms with E-state index in [9.17, 15) is 19.7 Å². The van der Waals surface area contributed by atoms with Crippen LogP contribution in [0.1, 0.15) is 31.3 Å². The first kappa shape index (κ1) is 17.4. The van der Waals surface area contributed by atoms with Crippen molar-refractivity contribution in [1.82, 2.24) is 20.4 Å². The van der Waals surface area contributed by atoms with Crippen LogP contribution in [0.5, 0.6) is 0 Å². The van der Waals surface area contributed by atoms with Crippen molar-refractivity contribution in [2.24, 2.45) is 0 Å². The minimum atomic E-state index is -0.533. The summed E-state index contributed by atoms with van der Waals surface area (Å²) in [7, 11) is 0. The van der Waals surface area contributed by atoms with Gasteiger partial charge in [0.15, 0.2) is 5.69 Å². The Balaban J connectivity index is 2.30. The zero-order valence-corrected chi connectivity index (χ0v) is 13.7. The third-order valence-corrected chi connectivity index (χ3v) is 3.41. The highest BCUT2D eigenvalue weighted by Crippen LogP contribution is 2.23. The fourth-order valence-corrected chi connectivity index (χ4v) is 2.30. The zero-order valence-electron chi connectivity index (χ0n) is 13.7. The molecule has 2 N–H and O–H groups in total. The van der Waals surface area contributed by atoms with Gasteiger partial charge in [0.05, 0.1) is 17.0 Å². The molecule has 9 heteroatoms. The number of nitrogens with zero attached hydrogens (tertiary/aromatic N) is 3. The lowest BCUT2D eigenvalue weighted by atomic mass is 10.1. The highest BCUT2D eigenvalue weighted by molar-refractivity contribution is 6.06. The number of nitrogens with one attached hydrogen (secondary N) is 2. The molecule has 0 atom stereocenters. The van der Waals surface area contributed by atoms with E-state index in [0.29, 0.717) is 17.4 Å². The Kier molecular flexibility index (Phi) is 5.12. The molecule has 1 heterocycles. The maximum Gasteiger partial charge on any atom is 0.275 e. The smallest absolute Gasteiger partial charge is 0.275 e. The molecule has 0 aliphatic carbocycles. The van der Waals surface area contributed by atoms with Crippen LogP contribution in [0.15, 0.2) is 18.2 Å². The number of H-pyrrole nitrogens is 1. The lowest BCUT2D eigenvalue weighted by molar-refractivity contribution is -0.384. The molecule has 1 aromatic heterocycles. The van der Waals surface area contributed by atoms with Gasteiger partial charge in [0.25, 0.3) is 11.6 Å². The monoisotopic (exact) mass is 333 g/mol. The predicted molar refractivity (Wildman–Crippen MR) is 87.6 cm³/mol. The average Bonchev–Trinajstić information content (AvgIpc) is 2.94. The van der Waals surface area contributed by atoms with Gasteiger partial charge in [-0.2, -0.15) is 5.10 Å². The number of nitro groups is 1. The van der Waals surface area contributed by atoms with Gasteiger partial charge in [0, 0.05) is 30.1 Å². The quantitative estimate of drug-likeness (QED) is 0.612. The van der Waals surface area contributed by atoms with E-state index in [1.54, 1.807) is 6.92 Å². The number of amides is 2. The number of hydrogen-bond acceptors (Lipinski definition) is 5. The molecule has 0 saturated carbocycles. The lowest BCUT2D eigenvalue weighted by Crippen LogP contribution is -2.42. The summed E-state index contributed by atoms with van der Waals surface area (Å²) < 4.78 is 0. The van der Waals surface area contributed by atoms with Crippen molar-refractivity contribution in [1.29, 1.82) is 0 Å². The van der Waals surface area contributed by atoms with Gasteiger partial charge in [0.1, 0.15) is 0 Å². The summed E-state index contributed by atoms with van der Waals surface area (Å²) in [6, 6.07) is 4.11. The Bertz CT molecular complexity index is 783. The maximum atomic E-state index is 12.6. The highest BCUT2D eigenvalue weighted by atomic mass is 16.6. The second-order valence-corrected chi connectivity index (χ2v) is 5.60. The molecular weight excluding hydrogens is 314 g/mol. The molecule has 2 amide bonds. The molecule has 0 aliphatic rings. The number of aromatic amines is 1. The molecule has 1 aromatic carbocycles. The first-order valence-electron chi connectivity index (χ1n) is 7.54. The van der Waals surface area contributed by atoms with E-state index in [0.717, 1.165) is 0 Å². The standard InChI is InChI=1S/C15H19N5O4/c1-4-19(8-13(21)16-9(2)3)15(22)14-11-7-10(20(23)24)5-6-12(11)17-18-14/h5-7,9H,4,8H2,1-3H3,(H,16,21)(H,17,18). The van der Waals surface area contributed by atoms with Crippen LogP contribution in [0.3, 0.4) is 0 Å². The SMILES string of the molecule is CCN(CC(=O)NC(C)C)C(=O)c1n[nH]c2ccc([N+](=O)[O-])cc12. The van der Waals surface area contributed by atoms with Gasteiger partial charge in [-0.15, -0.1) is 0 Å². The van der Waals surface area contributed by atoms with Gasteiger partial charge in [0.2, 0.25) is 5.91 Å². The minimum absolute atomic E-state index is 0.0276. The van der Waals surface area contributed by atoms with Crippen LogP contribution in [0.25, 0.3) is 10.9 Å². The number of aromatic nitrogens is 2. The molecule has 0 unspecified atom stereocenters. The normalized spacial score (nSPS) is 10.8. The summed E-state index contributed by atoms with van der Waals surface area (Å²) in [6.45, 7) is 5.62. The molecule has 24 heavy (non-hydrogen) atoms. The molecule has 9 nitrogen and oxygen atoms in total. The average molecular weight is 333 g/mol. The third-order valence-electron chi connectivity index (χ3n) is 3.41. The van der Waals surface area contributed by atoms with Crippen molar-refractivity contribution in [2.75, 3.05) is 13.1 Å². The number of carbonyl (C=O) groups excluding carboxylic acids is 2. The number of hydrogen-bond donors (Lipinski definition) is 2. The van der Waals surface area contributed by atoms with Gasteiger partial charge >= 0.3 is 0 Å². The van der Waals surface area contributed by atoms with Crippen molar-refractivity contribution in [2.45, 2.75) is 26.8 Å². The minimum Gasteiger partial charge on any atom is -0.352 e. The van der Waals surface area contributed by atoms with Gasteiger partial charge in [-0.25, -0.2) is 0 Å². The summed E-state index contributed by atoms with van der Waals surface area (Å²) in [6.07, 6.45) is 0. The molecule has 0 saturated heterocycles. The van der Waals surface area contributed by atoms with Crippen LogP contribution in [-0.4, -0.2) is 51.0 Å². The van der Waals surface area contributed by atoms with E-state index in [1.807, 2.05) is 13.8 Å². The number of rotatable bonds is 6. The van der Waals surface area contributed by atoms with E-state index in [2.05, 4.69) is 15.5 Å². The second kappa shape index (κ2) is 7.07. The molecule has 0 aliphatic heterocycles. The molecular formula is C15H19N5O4. The summed E-state index contributed by atoms with van der Waals surface area (Å²) in [5.41, 5.74) is 0.457. The highest BCUT2D eigenvalue weighted by Gasteiger charge is 2.23. The molecule has 0 spiro atoms. The maximum absolute atomic E-state index is 12.6. The summed E-state index contributed by atoms with van der Waals surface area (Å²) in [4.78, 5) is 36.2. The first-order valence-corrected chi connectivity index (χ1v) is 7.54. The number of benzene rings is 1. The van der Waals surface area contributed by atoms with Crippen LogP contribution in [0.4, 0.5) is 5.69 Å². The van der Waals surface area contributed by atoms with Gasteiger partial charge in [-0.3, -0.25) is 24.8 Å². The van der Waals surface area contributed by atoms with Gasteiger partial charge in [-0.1, -0.05) is 0 Å². The van der Waals surface area contributed by atoms with Crippen LogP contribution in [0.2, 0.25) is 0 Å². The largest absolute Gasteiger partial charge is 0.352 e. The van der Waals surface area contributed by atoms with Gasteiger partial charge in [-0.05, 0) is 26.8 Å². The van der Waals surface area contributed by atoms with Crippen LogP contribution >= 0.6 is 0 Å². The van der Waals surface area contributed by atoms with E-state index in [4.69, 9.17) is 0 Å². The van der Waals surface area contributed by atoms with Crippen LogP contribution in [-0.2, 0) is 4.79 Å². The zero-order chi connectivity index (χ0) is 17.9. The van der Waals surface area contributed by atoms with Crippen LogP contribution in [0, 0.1) is 10.1 Å². The Hall–Kier alpha value is -2.97. The van der Waals surface area contributed by atoms with Crippen molar-refractivity contribution >= 4 is 28.4 Å². The van der Waals surface area contributed by atoms with Crippen molar-refractivity contribution in [3.8, 4) is 0 Å². The van der Waals surface area contributed by atoms with E-state index >= 15 is 0 Å². The Labute approximate surface area is 138 Å². The topological polar surface area (TPSA) is 121 Å². The fraction of sp³-hybridized carbons (Fsp3) is 0.400. The molecule has 0 radical (unpaired) electrons. The number of non-ortho nitro benzene ring substituents is 1. The fourth-order valence-electron chi connectivity index (χ4n) is 2.30. The van der Waals surface area contributed by atoms with E-state index < -0.39 is 10.8 Å². The molecule has 128 valence electrons. The first-order chi connectivity index (χ1) is 11.3. The Morgan fingerprint density at radius 3 is 2.71 bits per heavy atom. The second-order valence-electron chi connectivity index (χ2n) is 5.60. The third kappa shape index (κ3) is 3.67. The molecule has 2 rings (SSSR count). The number of nitro benzene ring substituents is 1. The predicted octanol–water partition coefficient (Wildman–Crippen LogP) is 1.46. The summed E-state index contributed by atoms with van der Waals surface area (Å²) >= 11 is 0. The molecule has 0 fully saturated rings. The number of likely N-dealkylation sites (N-methyl/N-ethyl adjacent to an activating group) is 1. The number of carbonyl (C=O) groups is 2. The number of fused-ring (bicyclic) bond motifs is 1. The van der Waals surface area contributed by atoms with E-state index in [-0.39, 0.29) is 29.9 Å². The molecule has 2 aromatic rings. The Morgan fingerprint density at radius 1 is 1.42 bits per heavy atom.